The van der Waals surface area contributed by atoms with Crippen LogP contribution < -0.4 is 4.90 Å². The molecule has 5 aliphatic rings. The molecular weight excluding hydrogens is 330 g/mol. The number of amides is 2. The lowest BCUT2D eigenvalue weighted by molar-refractivity contribution is -0.132. The highest BCUT2D eigenvalue weighted by Crippen LogP contribution is 2.72. The highest BCUT2D eigenvalue weighted by atomic mass is 35.5. The number of fused-ring (bicyclic) bond motifs is 4. The Hall–Kier alpha value is -1.95. The predicted molar refractivity (Wildman–Crippen MR) is 84.4 cm³/mol. The summed E-state index contributed by atoms with van der Waals surface area (Å²) in [6.07, 6.45) is 5.92. The normalized spacial score (nSPS) is 46.3. The van der Waals surface area contributed by atoms with Gasteiger partial charge in [0.15, 0.2) is 0 Å². The van der Waals surface area contributed by atoms with E-state index in [1.165, 1.54) is 4.90 Å². The zero-order chi connectivity index (χ0) is 16.3. The zero-order valence-corrected chi connectivity index (χ0v) is 13.1. The van der Waals surface area contributed by atoms with Crippen molar-refractivity contribution >= 4 is 29.1 Å². The van der Waals surface area contributed by atoms with Crippen LogP contribution in [0.1, 0.15) is 0 Å². The lowest BCUT2D eigenvalue weighted by atomic mass is 9.54. The van der Waals surface area contributed by atoms with Crippen molar-refractivity contribution in [1.82, 2.24) is 0 Å². The summed E-state index contributed by atoms with van der Waals surface area (Å²) in [4.78, 5) is 28.3. The molecule has 0 radical (unpaired) electrons. The van der Waals surface area contributed by atoms with E-state index < -0.39 is 35.2 Å². The molecule has 0 spiro atoms. The summed E-state index contributed by atoms with van der Waals surface area (Å²) in [5, 5.41) is 0.560. The second kappa shape index (κ2) is 3.82. The van der Waals surface area contributed by atoms with Crippen molar-refractivity contribution in [3.05, 3.63) is 53.6 Å². The minimum absolute atomic E-state index is 0.233. The number of ether oxygens (including phenoxy) is 2. The molecule has 6 rings (SSSR count). The Bertz CT molecular complexity index is 800. The smallest absolute Gasteiger partial charge is 0.247 e. The maximum atomic E-state index is 13.5. The fourth-order valence-corrected chi connectivity index (χ4v) is 5.46. The average Bonchev–Trinajstić information content (AvgIpc) is 3.35. The highest BCUT2D eigenvalue weighted by molar-refractivity contribution is 6.31. The molecule has 0 aromatic heterocycles. The number of carbonyl (C=O) groups is 2. The summed E-state index contributed by atoms with van der Waals surface area (Å²) in [5.41, 5.74) is -1.42. The van der Waals surface area contributed by atoms with Crippen molar-refractivity contribution in [1.29, 1.82) is 0 Å². The van der Waals surface area contributed by atoms with E-state index in [-0.39, 0.29) is 11.8 Å². The molecule has 24 heavy (non-hydrogen) atoms. The molecule has 1 aromatic rings. The van der Waals surface area contributed by atoms with Crippen LogP contribution in [-0.4, -0.2) is 36.2 Å². The summed E-state index contributed by atoms with van der Waals surface area (Å²) in [5.74, 6) is -0.466. The average molecular weight is 342 g/mol. The number of rotatable bonds is 1. The van der Waals surface area contributed by atoms with Crippen LogP contribution in [0.5, 0.6) is 0 Å². The van der Waals surface area contributed by atoms with E-state index in [4.69, 9.17) is 21.1 Å². The van der Waals surface area contributed by atoms with Gasteiger partial charge in [-0.3, -0.25) is 9.59 Å². The molecule has 3 saturated heterocycles. The van der Waals surface area contributed by atoms with Crippen molar-refractivity contribution in [2.75, 3.05) is 4.90 Å². The maximum absolute atomic E-state index is 13.5. The predicted octanol–water partition coefficient (Wildman–Crippen LogP) is 1.86. The number of nitrogens with zero attached hydrogens (tertiary/aromatic N) is 1. The third-order valence-corrected chi connectivity index (χ3v) is 6.44. The van der Waals surface area contributed by atoms with Crippen molar-refractivity contribution in [2.24, 2.45) is 10.8 Å². The van der Waals surface area contributed by atoms with E-state index in [9.17, 15) is 9.59 Å². The van der Waals surface area contributed by atoms with Gasteiger partial charge in [0, 0.05) is 5.02 Å². The van der Waals surface area contributed by atoms with Crippen LogP contribution >= 0.6 is 11.6 Å². The minimum Gasteiger partial charge on any atom is -0.364 e. The first-order chi connectivity index (χ1) is 11.6. The van der Waals surface area contributed by atoms with Gasteiger partial charge in [-0.05, 0) is 24.3 Å². The first-order valence-corrected chi connectivity index (χ1v) is 8.31. The van der Waals surface area contributed by atoms with Gasteiger partial charge in [0.1, 0.15) is 10.8 Å². The van der Waals surface area contributed by atoms with Gasteiger partial charge >= 0.3 is 0 Å². The van der Waals surface area contributed by atoms with Gasteiger partial charge in [-0.25, -0.2) is 4.90 Å². The molecular formula is C18H12ClNO4. The Labute approximate surface area is 142 Å². The van der Waals surface area contributed by atoms with Gasteiger partial charge in [0.05, 0.1) is 30.1 Å². The molecule has 5 nitrogen and oxygen atoms in total. The first kappa shape index (κ1) is 13.4. The van der Waals surface area contributed by atoms with Crippen LogP contribution in [0.3, 0.4) is 0 Å². The SMILES string of the molecule is O=C1N(c2ccc(Cl)cc2)C(=O)C23[C@@H]4C=C[C@@H](O4)C12[C@@H]1C=C[C@H]3O1. The Morgan fingerprint density at radius 2 is 1.21 bits per heavy atom. The van der Waals surface area contributed by atoms with Crippen LogP contribution in [0, 0.1) is 10.8 Å². The number of hydrogen-bond acceptors (Lipinski definition) is 4. The molecule has 0 saturated carbocycles. The van der Waals surface area contributed by atoms with Gasteiger partial charge < -0.3 is 9.47 Å². The summed E-state index contributed by atoms with van der Waals surface area (Å²) >= 11 is 5.94. The largest absolute Gasteiger partial charge is 0.364 e. The van der Waals surface area contributed by atoms with Gasteiger partial charge in [-0.1, -0.05) is 35.9 Å². The maximum Gasteiger partial charge on any atom is 0.247 e. The minimum atomic E-state index is -0.984. The van der Waals surface area contributed by atoms with E-state index in [1.807, 2.05) is 24.3 Å². The van der Waals surface area contributed by atoms with Crippen molar-refractivity contribution in [2.45, 2.75) is 24.4 Å². The third-order valence-electron chi connectivity index (χ3n) is 6.19. The number of imide groups is 1. The number of benzene rings is 1. The number of carbonyl (C=O) groups excluding carboxylic acids is 2. The molecule has 5 aliphatic heterocycles. The number of anilines is 1. The van der Waals surface area contributed by atoms with E-state index in [0.717, 1.165) is 0 Å². The van der Waals surface area contributed by atoms with Gasteiger partial charge in [0.2, 0.25) is 11.8 Å². The number of halogens is 1. The molecule has 5 heterocycles. The van der Waals surface area contributed by atoms with Crippen LogP contribution in [0.15, 0.2) is 48.6 Å². The molecule has 1 aromatic carbocycles. The van der Waals surface area contributed by atoms with E-state index in [2.05, 4.69) is 0 Å². The lowest BCUT2D eigenvalue weighted by Gasteiger charge is -2.37. The summed E-state index contributed by atoms with van der Waals surface area (Å²) in [6.45, 7) is 0. The zero-order valence-electron chi connectivity index (χ0n) is 12.4. The van der Waals surface area contributed by atoms with Crippen molar-refractivity contribution in [3.8, 4) is 0 Å². The fourth-order valence-electron chi connectivity index (χ4n) is 5.33. The van der Waals surface area contributed by atoms with Gasteiger partial charge in [-0.2, -0.15) is 0 Å². The highest BCUT2D eigenvalue weighted by Gasteiger charge is 2.89. The molecule has 0 N–H and O–H groups in total. The molecule has 3 fully saturated rings. The van der Waals surface area contributed by atoms with Crippen LogP contribution in [-0.2, 0) is 19.1 Å². The molecule has 4 bridgehead atoms. The molecule has 2 unspecified atom stereocenters. The van der Waals surface area contributed by atoms with E-state index >= 15 is 0 Å². The lowest BCUT2D eigenvalue weighted by Crippen LogP contribution is -2.56. The second-order valence-electron chi connectivity index (χ2n) is 6.88. The van der Waals surface area contributed by atoms with E-state index in [0.29, 0.717) is 10.7 Å². The van der Waals surface area contributed by atoms with Crippen molar-refractivity contribution < 1.29 is 19.1 Å². The van der Waals surface area contributed by atoms with Gasteiger partial charge in [0.25, 0.3) is 0 Å². The Kier molecular flexibility index (Phi) is 2.13. The molecule has 6 atom stereocenters. The van der Waals surface area contributed by atoms with Crippen LogP contribution in [0.2, 0.25) is 5.02 Å². The Morgan fingerprint density at radius 3 is 1.62 bits per heavy atom. The standard InChI is InChI=1S/C18H12ClNO4/c19-9-1-3-10(4-2-9)20-15(21)17-11-5-6-12(23-11)18(17,16(20)22)14-8-7-13(17)24-14/h1-8,11-14H/t11-,12+,13+,14-,17?,18?. The van der Waals surface area contributed by atoms with Crippen molar-refractivity contribution in [3.63, 3.8) is 0 Å². The summed E-state index contributed by atoms with van der Waals surface area (Å²) in [7, 11) is 0. The monoisotopic (exact) mass is 341 g/mol. The Balaban J connectivity index is 1.61. The molecule has 120 valence electrons. The molecule has 6 heteroatoms. The summed E-state index contributed by atoms with van der Waals surface area (Å²) in [6, 6.07) is 6.77. The molecule has 0 aliphatic carbocycles. The fraction of sp³-hybridized carbons (Fsp3) is 0.333. The first-order valence-electron chi connectivity index (χ1n) is 7.94. The van der Waals surface area contributed by atoms with E-state index in [1.54, 1.807) is 24.3 Å². The Morgan fingerprint density at radius 1 is 0.792 bits per heavy atom. The summed E-state index contributed by atoms with van der Waals surface area (Å²) < 4.78 is 12.0. The van der Waals surface area contributed by atoms with Gasteiger partial charge in [-0.15, -0.1) is 0 Å². The van der Waals surface area contributed by atoms with Crippen LogP contribution in [0.4, 0.5) is 5.69 Å². The third kappa shape index (κ3) is 1.05. The molecule has 2 amide bonds. The number of hydrogen-bond donors (Lipinski definition) is 0. The quantitative estimate of drug-likeness (QED) is 0.578. The second-order valence-corrected chi connectivity index (χ2v) is 7.32. The topological polar surface area (TPSA) is 55.8 Å². The van der Waals surface area contributed by atoms with Crippen LogP contribution in [0.25, 0.3) is 0 Å².